The van der Waals surface area contributed by atoms with Gasteiger partial charge in [-0.1, -0.05) is 12.1 Å². The molecule has 1 unspecified atom stereocenters. The first-order valence-electron chi connectivity index (χ1n) is 11.3. The Labute approximate surface area is 181 Å². The van der Waals surface area contributed by atoms with Gasteiger partial charge in [0.15, 0.2) is 0 Å². The maximum Gasteiger partial charge on any atom is 0.262 e. The Bertz CT molecular complexity index is 937. The number of hydrogen-bond acceptors (Lipinski definition) is 6. The number of amides is 4. The lowest BCUT2D eigenvalue weighted by Crippen LogP contribution is -2.54. The van der Waals surface area contributed by atoms with Gasteiger partial charge in [-0.05, 0) is 62.1 Å². The second-order valence-electron chi connectivity index (χ2n) is 9.37. The molecule has 1 aliphatic carbocycles. The molecule has 1 aromatic carbocycles. The van der Waals surface area contributed by atoms with E-state index in [1.165, 1.54) is 25.7 Å². The van der Waals surface area contributed by atoms with Crippen LogP contribution in [-0.4, -0.2) is 53.7 Å². The summed E-state index contributed by atoms with van der Waals surface area (Å²) in [4.78, 5) is 50.8. The minimum absolute atomic E-state index is 0.121. The molecule has 8 heteroatoms. The molecule has 0 spiro atoms. The summed E-state index contributed by atoms with van der Waals surface area (Å²) < 4.78 is 0. The van der Waals surface area contributed by atoms with Crippen molar-refractivity contribution in [3.63, 3.8) is 0 Å². The number of imide groups is 2. The fraction of sp³-hybridized carbons (Fsp3) is 0.565. The van der Waals surface area contributed by atoms with Crippen LogP contribution in [-0.2, 0) is 16.1 Å². The van der Waals surface area contributed by atoms with Crippen molar-refractivity contribution in [2.24, 2.45) is 5.41 Å². The number of carbonyl (C=O) groups is 4. The molecule has 5 aliphatic rings. The lowest BCUT2D eigenvalue weighted by molar-refractivity contribution is -0.136. The van der Waals surface area contributed by atoms with Gasteiger partial charge in [-0.25, -0.2) is 0 Å². The molecular weight excluding hydrogens is 396 g/mol. The minimum atomic E-state index is -0.932. The SMILES string of the molecule is O=C1CCC(N2C(=O)c3cccc(CNCCC45CCC(CC4)NC5)c3C2=O)C(=O)N1. The molecule has 2 bridgehead atoms. The van der Waals surface area contributed by atoms with Crippen molar-refractivity contribution in [1.29, 1.82) is 0 Å². The van der Waals surface area contributed by atoms with E-state index < -0.39 is 23.8 Å². The maximum absolute atomic E-state index is 13.1. The van der Waals surface area contributed by atoms with Crippen LogP contribution in [0.1, 0.15) is 71.2 Å². The normalized spacial score (nSPS) is 30.0. The number of nitrogens with zero attached hydrogens (tertiary/aromatic N) is 1. The lowest BCUT2D eigenvalue weighted by atomic mass is 9.67. The summed E-state index contributed by atoms with van der Waals surface area (Å²) in [5.74, 6) is -1.86. The first kappa shape index (κ1) is 20.3. The molecule has 1 atom stereocenters. The highest BCUT2D eigenvalue weighted by molar-refractivity contribution is 6.24. The van der Waals surface area contributed by atoms with Gasteiger partial charge < -0.3 is 10.6 Å². The molecule has 1 saturated carbocycles. The van der Waals surface area contributed by atoms with Crippen LogP contribution in [0.5, 0.6) is 0 Å². The summed E-state index contributed by atoms with van der Waals surface area (Å²) in [7, 11) is 0. The average molecular weight is 425 g/mol. The molecule has 3 N–H and O–H groups in total. The third-order valence-corrected chi connectivity index (χ3v) is 7.51. The molecular formula is C23H28N4O4. The lowest BCUT2D eigenvalue weighted by Gasteiger charge is -2.47. The van der Waals surface area contributed by atoms with E-state index in [9.17, 15) is 19.2 Å². The number of carbonyl (C=O) groups excluding carboxylic acids is 4. The molecule has 6 rings (SSSR count). The number of rotatable bonds is 6. The third kappa shape index (κ3) is 3.57. The van der Waals surface area contributed by atoms with Crippen molar-refractivity contribution >= 4 is 23.6 Å². The Morgan fingerprint density at radius 2 is 1.87 bits per heavy atom. The number of nitrogens with one attached hydrogen (secondary N) is 3. The average Bonchev–Trinajstić information content (AvgIpc) is 3.04. The Morgan fingerprint density at radius 1 is 1.06 bits per heavy atom. The van der Waals surface area contributed by atoms with E-state index in [4.69, 9.17) is 0 Å². The molecule has 1 aromatic rings. The smallest absolute Gasteiger partial charge is 0.262 e. The van der Waals surface area contributed by atoms with Gasteiger partial charge >= 0.3 is 0 Å². The molecule has 31 heavy (non-hydrogen) atoms. The van der Waals surface area contributed by atoms with Gasteiger partial charge in [0.05, 0.1) is 11.1 Å². The van der Waals surface area contributed by atoms with Gasteiger partial charge in [0.1, 0.15) is 6.04 Å². The summed E-state index contributed by atoms with van der Waals surface area (Å²) >= 11 is 0. The predicted molar refractivity (Wildman–Crippen MR) is 112 cm³/mol. The molecule has 4 aliphatic heterocycles. The largest absolute Gasteiger partial charge is 0.313 e. The van der Waals surface area contributed by atoms with Crippen molar-refractivity contribution in [3.8, 4) is 0 Å². The monoisotopic (exact) mass is 424 g/mol. The molecule has 0 radical (unpaired) electrons. The van der Waals surface area contributed by atoms with Gasteiger partial charge in [0.25, 0.3) is 11.8 Å². The molecule has 3 saturated heterocycles. The summed E-state index contributed by atoms with van der Waals surface area (Å²) in [6, 6.07) is 5.05. The summed E-state index contributed by atoms with van der Waals surface area (Å²) in [6.45, 7) is 2.44. The van der Waals surface area contributed by atoms with Crippen molar-refractivity contribution in [1.82, 2.24) is 20.9 Å². The van der Waals surface area contributed by atoms with Crippen LogP contribution >= 0.6 is 0 Å². The van der Waals surface area contributed by atoms with Gasteiger partial charge in [-0.15, -0.1) is 0 Å². The van der Waals surface area contributed by atoms with Gasteiger partial charge in [0.2, 0.25) is 11.8 Å². The zero-order valence-electron chi connectivity index (χ0n) is 17.5. The third-order valence-electron chi connectivity index (χ3n) is 7.51. The fourth-order valence-electron chi connectivity index (χ4n) is 5.62. The van der Waals surface area contributed by atoms with Crippen molar-refractivity contribution in [2.45, 2.75) is 63.6 Å². The van der Waals surface area contributed by atoms with Crippen LogP contribution in [0.2, 0.25) is 0 Å². The molecule has 4 fully saturated rings. The molecule has 4 amide bonds. The van der Waals surface area contributed by atoms with E-state index in [0.717, 1.165) is 30.0 Å². The van der Waals surface area contributed by atoms with Gasteiger partial charge in [0, 0.05) is 25.6 Å². The summed E-state index contributed by atoms with van der Waals surface area (Å²) in [6.07, 6.45) is 6.47. The van der Waals surface area contributed by atoms with Gasteiger partial charge in [-0.3, -0.25) is 29.4 Å². The van der Waals surface area contributed by atoms with E-state index >= 15 is 0 Å². The van der Waals surface area contributed by atoms with Gasteiger partial charge in [-0.2, -0.15) is 0 Å². The fourth-order valence-corrected chi connectivity index (χ4v) is 5.62. The number of fused-ring (bicyclic) bond motifs is 4. The zero-order chi connectivity index (χ0) is 21.6. The van der Waals surface area contributed by atoms with E-state index in [-0.39, 0.29) is 18.7 Å². The van der Waals surface area contributed by atoms with E-state index in [1.807, 2.05) is 6.07 Å². The highest BCUT2D eigenvalue weighted by Gasteiger charge is 2.45. The Hall–Kier alpha value is -2.58. The quantitative estimate of drug-likeness (QED) is 0.466. The first-order valence-corrected chi connectivity index (χ1v) is 11.3. The highest BCUT2D eigenvalue weighted by atomic mass is 16.2. The predicted octanol–water partition coefficient (Wildman–Crippen LogP) is 1.10. The highest BCUT2D eigenvalue weighted by Crippen LogP contribution is 2.42. The Balaban J connectivity index is 1.26. The number of piperidine rings is 3. The second kappa shape index (κ2) is 7.84. The van der Waals surface area contributed by atoms with Crippen molar-refractivity contribution in [3.05, 3.63) is 34.9 Å². The second-order valence-corrected chi connectivity index (χ2v) is 9.37. The van der Waals surface area contributed by atoms with Crippen molar-refractivity contribution in [2.75, 3.05) is 13.1 Å². The standard InChI is InChI=1S/C23H28N4O4/c28-18-5-4-17(20(29)26-18)27-21(30)16-3-1-2-14(19(16)22(27)31)12-24-11-10-23-8-6-15(7-9-23)25-13-23/h1-3,15,17,24-25H,4-13H2,(H,26,28,29). The topological polar surface area (TPSA) is 108 Å². The maximum atomic E-state index is 13.1. The Kier molecular flexibility index (Phi) is 5.14. The molecule has 4 heterocycles. The minimum Gasteiger partial charge on any atom is -0.313 e. The summed E-state index contributed by atoms with van der Waals surface area (Å²) in [5.41, 5.74) is 1.87. The van der Waals surface area contributed by atoms with Crippen molar-refractivity contribution < 1.29 is 19.2 Å². The zero-order valence-corrected chi connectivity index (χ0v) is 17.5. The van der Waals surface area contributed by atoms with Crippen LogP contribution in [0.25, 0.3) is 0 Å². The van der Waals surface area contributed by atoms with Crippen LogP contribution in [0.4, 0.5) is 0 Å². The van der Waals surface area contributed by atoms with E-state index in [1.54, 1.807) is 12.1 Å². The number of benzene rings is 1. The van der Waals surface area contributed by atoms with Crippen LogP contribution in [0.15, 0.2) is 18.2 Å². The first-order chi connectivity index (χ1) is 15.0. The number of hydrogen-bond donors (Lipinski definition) is 3. The van der Waals surface area contributed by atoms with Crippen LogP contribution in [0.3, 0.4) is 0 Å². The molecule has 8 nitrogen and oxygen atoms in total. The summed E-state index contributed by atoms with van der Waals surface area (Å²) in [5, 5.41) is 9.33. The van der Waals surface area contributed by atoms with Crippen LogP contribution in [0, 0.1) is 5.41 Å². The van der Waals surface area contributed by atoms with E-state index in [0.29, 0.717) is 29.1 Å². The molecule has 164 valence electrons. The Morgan fingerprint density at radius 3 is 2.58 bits per heavy atom. The van der Waals surface area contributed by atoms with Crippen LogP contribution < -0.4 is 16.0 Å². The molecule has 0 aromatic heterocycles. The van der Waals surface area contributed by atoms with E-state index in [2.05, 4.69) is 16.0 Å².